The Hall–Kier alpha value is -1.39. The predicted molar refractivity (Wildman–Crippen MR) is 95.3 cm³/mol. The van der Waals surface area contributed by atoms with Crippen molar-refractivity contribution < 1.29 is 4.79 Å². The quantitative estimate of drug-likeness (QED) is 0.799. The average molecular weight is 349 g/mol. The molecule has 122 valence electrons. The maximum absolute atomic E-state index is 12.6. The van der Waals surface area contributed by atoms with E-state index in [1.807, 2.05) is 22.4 Å². The number of hydrogen-bond donors (Lipinski definition) is 0. The number of hydrogen-bond acceptors (Lipinski definition) is 3. The highest BCUT2D eigenvalue weighted by Crippen LogP contribution is 2.24. The Kier molecular flexibility index (Phi) is 5.34. The Bertz CT molecular complexity index is 668. The lowest BCUT2D eigenvalue weighted by atomic mass is 9.99. The molecule has 1 aromatic carbocycles. The van der Waals surface area contributed by atoms with Gasteiger partial charge < -0.3 is 4.90 Å². The van der Waals surface area contributed by atoms with E-state index in [1.165, 1.54) is 5.56 Å². The van der Waals surface area contributed by atoms with Gasteiger partial charge in [-0.15, -0.1) is 11.3 Å². The molecule has 2 heterocycles. The number of amides is 1. The molecule has 23 heavy (non-hydrogen) atoms. The predicted octanol–water partition coefficient (Wildman–Crippen LogP) is 4.45. The highest BCUT2D eigenvalue weighted by atomic mass is 35.5. The van der Waals surface area contributed by atoms with Crippen LogP contribution in [0.1, 0.15) is 40.8 Å². The van der Waals surface area contributed by atoms with E-state index >= 15 is 0 Å². The first-order valence-corrected chi connectivity index (χ1v) is 9.39. The highest BCUT2D eigenvalue weighted by molar-refractivity contribution is 7.09. The van der Waals surface area contributed by atoms with Crippen LogP contribution in [0.25, 0.3) is 0 Å². The number of halogens is 1. The van der Waals surface area contributed by atoms with E-state index in [1.54, 1.807) is 11.3 Å². The molecule has 2 aromatic rings. The van der Waals surface area contributed by atoms with Gasteiger partial charge >= 0.3 is 0 Å². The van der Waals surface area contributed by atoms with Gasteiger partial charge in [-0.25, -0.2) is 4.98 Å². The highest BCUT2D eigenvalue weighted by Gasteiger charge is 2.28. The lowest BCUT2D eigenvalue weighted by molar-refractivity contribution is 0.0782. The van der Waals surface area contributed by atoms with Gasteiger partial charge in [-0.1, -0.05) is 30.7 Å². The number of rotatable bonds is 5. The van der Waals surface area contributed by atoms with Crippen molar-refractivity contribution in [3.8, 4) is 0 Å². The van der Waals surface area contributed by atoms with Gasteiger partial charge in [-0.05, 0) is 49.3 Å². The van der Waals surface area contributed by atoms with Crippen molar-refractivity contribution in [3.05, 3.63) is 50.9 Å². The van der Waals surface area contributed by atoms with Gasteiger partial charge in [0.05, 0.1) is 5.01 Å². The summed E-state index contributed by atoms with van der Waals surface area (Å²) in [5.41, 5.74) is 1.90. The van der Waals surface area contributed by atoms with Crippen LogP contribution in [0.4, 0.5) is 0 Å². The molecule has 0 radical (unpaired) electrons. The summed E-state index contributed by atoms with van der Waals surface area (Å²) in [6.07, 6.45) is 4.07. The van der Waals surface area contributed by atoms with E-state index < -0.39 is 0 Å². The molecule has 0 bridgehead atoms. The summed E-state index contributed by atoms with van der Waals surface area (Å²) in [4.78, 5) is 19.0. The number of aryl methyl sites for hydroxylation is 1. The van der Waals surface area contributed by atoms with Crippen molar-refractivity contribution >= 4 is 28.8 Å². The van der Waals surface area contributed by atoms with Gasteiger partial charge in [0.15, 0.2) is 0 Å². The maximum Gasteiger partial charge on any atom is 0.273 e. The second kappa shape index (κ2) is 7.45. The molecular weight excluding hydrogens is 328 g/mol. The zero-order valence-electron chi connectivity index (χ0n) is 13.3. The second-order valence-electron chi connectivity index (χ2n) is 6.11. The minimum Gasteiger partial charge on any atom is -0.337 e. The van der Waals surface area contributed by atoms with Gasteiger partial charge in [0.1, 0.15) is 5.69 Å². The lowest BCUT2D eigenvalue weighted by Gasteiger charge is -2.15. The number of nitrogens with zero attached hydrogens (tertiary/aromatic N) is 2. The molecular formula is C18H21ClN2OS. The van der Waals surface area contributed by atoms with Crippen LogP contribution in [0.2, 0.25) is 5.02 Å². The fourth-order valence-electron chi connectivity index (χ4n) is 3.04. The third kappa shape index (κ3) is 4.12. The van der Waals surface area contributed by atoms with Crippen molar-refractivity contribution in [2.45, 2.75) is 32.6 Å². The summed E-state index contributed by atoms with van der Waals surface area (Å²) in [6, 6.07) is 8.01. The fourth-order valence-corrected chi connectivity index (χ4v) is 4.04. The first-order chi connectivity index (χ1) is 11.2. The Morgan fingerprint density at radius 2 is 2.17 bits per heavy atom. The van der Waals surface area contributed by atoms with Gasteiger partial charge in [0.2, 0.25) is 0 Å². The van der Waals surface area contributed by atoms with Gasteiger partial charge in [-0.2, -0.15) is 0 Å². The molecule has 3 rings (SSSR count). The smallest absolute Gasteiger partial charge is 0.273 e. The zero-order valence-corrected chi connectivity index (χ0v) is 14.9. The number of aromatic nitrogens is 1. The maximum atomic E-state index is 12.6. The molecule has 0 saturated carbocycles. The van der Waals surface area contributed by atoms with Crippen LogP contribution >= 0.6 is 22.9 Å². The largest absolute Gasteiger partial charge is 0.337 e. The van der Waals surface area contributed by atoms with E-state index in [2.05, 4.69) is 24.0 Å². The van der Waals surface area contributed by atoms with Crippen molar-refractivity contribution in [3.63, 3.8) is 0 Å². The molecule has 1 atom stereocenters. The topological polar surface area (TPSA) is 33.2 Å². The molecule has 0 aliphatic carbocycles. The SMILES string of the molecule is CCCc1nc(C(=O)N2CCC(Cc3ccc(Cl)cc3)C2)cs1. The van der Waals surface area contributed by atoms with Crippen LogP contribution in [0.5, 0.6) is 0 Å². The molecule has 1 unspecified atom stereocenters. The Balaban J connectivity index is 1.58. The first-order valence-electron chi connectivity index (χ1n) is 8.14. The summed E-state index contributed by atoms with van der Waals surface area (Å²) < 4.78 is 0. The summed E-state index contributed by atoms with van der Waals surface area (Å²) >= 11 is 7.52. The molecule has 1 saturated heterocycles. The molecule has 1 fully saturated rings. The van der Waals surface area contributed by atoms with Crippen molar-refractivity contribution in [2.24, 2.45) is 5.92 Å². The fraction of sp³-hybridized carbons (Fsp3) is 0.444. The van der Waals surface area contributed by atoms with E-state index in [0.717, 1.165) is 48.8 Å². The van der Waals surface area contributed by atoms with Gasteiger partial charge in [0, 0.05) is 23.5 Å². The molecule has 1 amide bonds. The molecule has 0 N–H and O–H groups in total. The normalized spacial score (nSPS) is 17.7. The lowest BCUT2D eigenvalue weighted by Crippen LogP contribution is -2.29. The second-order valence-corrected chi connectivity index (χ2v) is 7.49. The van der Waals surface area contributed by atoms with Crippen LogP contribution in [0.3, 0.4) is 0 Å². The van der Waals surface area contributed by atoms with Gasteiger partial charge in [-0.3, -0.25) is 4.79 Å². The third-order valence-electron chi connectivity index (χ3n) is 4.25. The van der Waals surface area contributed by atoms with Crippen LogP contribution in [0.15, 0.2) is 29.6 Å². The van der Waals surface area contributed by atoms with E-state index in [9.17, 15) is 4.79 Å². The average Bonchev–Trinajstić information content (AvgIpc) is 3.19. The Morgan fingerprint density at radius 3 is 2.91 bits per heavy atom. The minimum atomic E-state index is 0.0854. The van der Waals surface area contributed by atoms with Gasteiger partial charge in [0.25, 0.3) is 5.91 Å². The number of carbonyl (C=O) groups is 1. The minimum absolute atomic E-state index is 0.0854. The van der Waals surface area contributed by atoms with E-state index in [4.69, 9.17) is 11.6 Å². The van der Waals surface area contributed by atoms with E-state index in [0.29, 0.717) is 11.6 Å². The summed E-state index contributed by atoms with van der Waals surface area (Å²) in [7, 11) is 0. The van der Waals surface area contributed by atoms with Crippen molar-refractivity contribution in [2.75, 3.05) is 13.1 Å². The molecule has 1 aromatic heterocycles. The number of benzene rings is 1. The van der Waals surface area contributed by atoms with Crippen LogP contribution in [0, 0.1) is 5.92 Å². The summed E-state index contributed by atoms with van der Waals surface area (Å²) in [5, 5.41) is 3.73. The van der Waals surface area contributed by atoms with E-state index in [-0.39, 0.29) is 5.91 Å². The summed E-state index contributed by atoms with van der Waals surface area (Å²) in [5.74, 6) is 0.607. The first kappa shape index (κ1) is 16.5. The standard InChI is InChI=1S/C18H21ClN2OS/c1-2-3-17-20-16(12-23-17)18(22)21-9-8-14(11-21)10-13-4-6-15(19)7-5-13/h4-7,12,14H,2-3,8-11H2,1H3. The molecule has 0 spiro atoms. The number of carbonyl (C=O) groups excluding carboxylic acids is 1. The number of thiazole rings is 1. The zero-order chi connectivity index (χ0) is 16.2. The Morgan fingerprint density at radius 1 is 1.39 bits per heavy atom. The molecule has 3 nitrogen and oxygen atoms in total. The molecule has 1 aliphatic rings. The monoisotopic (exact) mass is 348 g/mol. The number of likely N-dealkylation sites (tertiary alicyclic amines) is 1. The third-order valence-corrected chi connectivity index (χ3v) is 5.41. The van der Waals surface area contributed by atoms with Crippen LogP contribution < -0.4 is 0 Å². The summed E-state index contributed by atoms with van der Waals surface area (Å²) in [6.45, 7) is 3.78. The van der Waals surface area contributed by atoms with Crippen molar-refractivity contribution in [1.82, 2.24) is 9.88 Å². The molecule has 5 heteroatoms. The molecule has 1 aliphatic heterocycles. The van der Waals surface area contributed by atoms with Crippen LogP contribution in [-0.4, -0.2) is 28.9 Å². The Labute approximate surface area is 146 Å². The van der Waals surface area contributed by atoms with Crippen LogP contribution in [-0.2, 0) is 12.8 Å². The van der Waals surface area contributed by atoms with Crippen molar-refractivity contribution in [1.29, 1.82) is 0 Å².